The van der Waals surface area contributed by atoms with E-state index >= 15 is 0 Å². The normalized spacial score (nSPS) is 10.3. The van der Waals surface area contributed by atoms with Gasteiger partial charge in [0.05, 0.1) is 18.1 Å². The van der Waals surface area contributed by atoms with Crippen LogP contribution in [0.4, 0.5) is 0 Å². The fourth-order valence-electron chi connectivity index (χ4n) is 1.57. The number of hydrogen-bond donors (Lipinski definition) is 0. The molecule has 0 aliphatic carbocycles. The average molecular weight is 247 g/mol. The van der Waals surface area contributed by atoms with Gasteiger partial charge in [-0.3, -0.25) is 4.79 Å². The molecule has 0 spiro atoms. The van der Waals surface area contributed by atoms with Crippen LogP contribution < -0.4 is 0 Å². The third kappa shape index (κ3) is 4.28. The number of carbonyl (C=O) groups is 1. The van der Waals surface area contributed by atoms with Crippen molar-refractivity contribution < 1.29 is 14.3 Å². The van der Waals surface area contributed by atoms with E-state index in [-0.39, 0.29) is 12.2 Å². The molecule has 0 saturated heterocycles. The largest absolute Gasteiger partial charge is 0.352 e. The lowest BCUT2D eigenvalue weighted by atomic mass is 10.1. The molecule has 1 rings (SSSR count). The standard InChI is InChI=1S/C14H17NO3/c1-3-17-14(18-4-2)9-13(16)12-7-5-6-11(8-12)10-15/h5-8,14H,3-4,9H2,1-2H3. The molecular formula is C14H17NO3. The zero-order chi connectivity index (χ0) is 13.4. The molecule has 1 aromatic carbocycles. The summed E-state index contributed by atoms with van der Waals surface area (Å²) in [7, 11) is 0. The van der Waals surface area contributed by atoms with Crippen molar-refractivity contribution in [2.24, 2.45) is 0 Å². The first-order valence-electron chi connectivity index (χ1n) is 5.97. The van der Waals surface area contributed by atoms with E-state index in [0.29, 0.717) is 24.3 Å². The van der Waals surface area contributed by atoms with Crippen LogP contribution in [0.3, 0.4) is 0 Å². The Kier molecular flexibility index (Phi) is 6.06. The van der Waals surface area contributed by atoms with E-state index in [1.807, 2.05) is 19.9 Å². The zero-order valence-electron chi connectivity index (χ0n) is 10.7. The highest BCUT2D eigenvalue weighted by molar-refractivity contribution is 5.96. The van der Waals surface area contributed by atoms with Gasteiger partial charge in [-0.1, -0.05) is 12.1 Å². The predicted octanol–water partition coefficient (Wildman–Crippen LogP) is 2.53. The summed E-state index contributed by atoms with van der Waals surface area (Å²) in [6.07, 6.45) is -0.352. The number of benzene rings is 1. The monoisotopic (exact) mass is 247 g/mol. The third-order valence-electron chi connectivity index (χ3n) is 2.37. The summed E-state index contributed by atoms with van der Waals surface area (Å²) >= 11 is 0. The number of Topliss-reactive ketones (excluding diaryl/α,β-unsaturated/α-hetero) is 1. The molecule has 4 nitrogen and oxygen atoms in total. The summed E-state index contributed by atoms with van der Waals surface area (Å²) in [6.45, 7) is 4.70. The van der Waals surface area contributed by atoms with Crippen LogP contribution in [0.15, 0.2) is 24.3 Å². The molecule has 0 aliphatic rings. The molecule has 0 amide bonds. The molecule has 96 valence electrons. The van der Waals surface area contributed by atoms with Gasteiger partial charge in [-0.25, -0.2) is 0 Å². The van der Waals surface area contributed by atoms with Crippen molar-refractivity contribution in [1.82, 2.24) is 0 Å². The summed E-state index contributed by atoms with van der Waals surface area (Å²) in [6, 6.07) is 8.65. The molecule has 0 aliphatic heterocycles. The molecule has 0 saturated carbocycles. The molecule has 0 fully saturated rings. The van der Waals surface area contributed by atoms with Gasteiger partial charge >= 0.3 is 0 Å². The maximum Gasteiger partial charge on any atom is 0.167 e. The van der Waals surface area contributed by atoms with E-state index < -0.39 is 6.29 Å². The van der Waals surface area contributed by atoms with Crippen LogP contribution in [0.1, 0.15) is 36.2 Å². The van der Waals surface area contributed by atoms with Gasteiger partial charge in [-0.05, 0) is 26.0 Å². The molecule has 0 atom stereocenters. The smallest absolute Gasteiger partial charge is 0.167 e. The highest BCUT2D eigenvalue weighted by Gasteiger charge is 2.15. The van der Waals surface area contributed by atoms with E-state index in [9.17, 15) is 4.79 Å². The topological polar surface area (TPSA) is 59.3 Å². The minimum atomic E-state index is -0.516. The molecule has 0 heterocycles. The second kappa shape index (κ2) is 7.59. The summed E-state index contributed by atoms with van der Waals surface area (Å²) in [4.78, 5) is 12.0. The molecule has 0 N–H and O–H groups in total. The van der Waals surface area contributed by atoms with Gasteiger partial charge in [0, 0.05) is 18.8 Å². The Morgan fingerprint density at radius 2 is 2.00 bits per heavy atom. The number of hydrogen-bond acceptors (Lipinski definition) is 4. The fraction of sp³-hybridized carbons (Fsp3) is 0.429. The summed E-state index contributed by atoms with van der Waals surface area (Å²) in [5.41, 5.74) is 0.990. The number of rotatable bonds is 7. The van der Waals surface area contributed by atoms with Crippen LogP contribution in [0.5, 0.6) is 0 Å². The third-order valence-corrected chi connectivity index (χ3v) is 2.37. The Morgan fingerprint density at radius 3 is 2.56 bits per heavy atom. The van der Waals surface area contributed by atoms with Gasteiger partial charge in [-0.2, -0.15) is 5.26 Å². The van der Waals surface area contributed by atoms with Crippen molar-refractivity contribution in [1.29, 1.82) is 5.26 Å². The van der Waals surface area contributed by atoms with Gasteiger partial charge in [0.25, 0.3) is 0 Å². The molecule has 4 heteroatoms. The van der Waals surface area contributed by atoms with E-state index in [1.165, 1.54) is 0 Å². The highest BCUT2D eigenvalue weighted by Crippen LogP contribution is 2.11. The lowest BCUT2D eigenvalue weighted by Gasteiger charge is -2.15. The number of ketones is 1. The predicted molar refractivity (Wildman–Crippen MR) is 67.1 cm³/mol. The van der Waals surface area contributed by atoms with Gasteiger partial charge in [-0.15, -0.1) is 0 Å². The quantitative estimate of drug-likeness (QED) is 0.548. The molecule has 0 aromatic heterocycles. The van der Waals surface area contributed by atoms with Gasteiger partial charge in [0.1, 0.15) is 0 Å². The Balaban J connectivity index is 2.71. The van der Waals surface area contributed by atoms with Crippen molar-refractivity contribution >= 4 is 5.78 Å². The average Bonchev–Trinajstić information content (AvgIpc) is 2.39. The first-order chi connectivity index (χ1) is 8.71. The first kappa shape index (κ1) is 14.4. The van der Waals surface area contributed by atoms with Crippen LogP contribution in [0, 0.1) is 11.3 Å². The van der Waals surface area contributed by atoms with Crippen molar-refractivity contribution in [3.05, 3.63) is 35.4 Å². The lowest BCUT2D eigenvalue weighted by molar-refractivity contribution is -0.133. The van der Waals surface area contributed by atoms with Gasteiger partial charge in [0.2, 0.25) is 0 Å². The van der Waals surface area contributed by atoms with Crippen molar-refractivity contribution in [3.63, 3.8) is 0 Å². The second-order valence-corrected chi connectivity index (χ2v) is 3.66. The Bertz CT molecular complexity index is 431. The van der Waals surface area contributed by atoms with E-state index in [1.54, 1.807) is 24.3 Å². The maximum atomic E-state index is 12.0. The van der Waals surface area contributed by atoms with Crippen molar-refractivity contribution in [2.45, 2.75) is 26.6 Å². The SMILES string of the molecule is CCOC(CC(=O)c1cccc(C#N)c1)OCC. The summed E-state index contributed by atoms with van der Waals surface area (Å²) in [5.74, 6) is -0.0843. The number of nitriles is 1. The Hall–Kier alpha value is -1.70. The van der Waals surface area contributed by atoms with E-state index in [0.717, 1.165) is 0 Å². The Labute approximate surface area is 107 Å². The minimum absolute atomic E-state index is 0.0843. The number of nitrogens with zero attached hydrogens (tertiary/aromatic N) is 1. The van der Waals surface area contributed by atoms with Crippen LogP contribution in [-0.2, 0) is 9.47 Å². The van der Waals surface area contributed by atoms with Crippen LogP contribution in [0.2, 0.25) is 0 Å². The fourth-order valence-corrected chi connectivity index (χ4v) is 1.57. The van der Waals surface area contributed by atoms with Crippen LogP contribution in [0.25, 0.3) is 0 Å². The molecule has 1 aromatic rings. The molecule has 18 heavy (non-hydrogen) atoms. The maximum absolute atomic E-state index is 12.0. The zero-order valence-corrected chi connectivity index (χ0v) is 10.7. The van der Waals surface area contributed by atoms with E-state index in [4.69, 9.17) is 14.7 Å². The molecule has 0 unspecified atom stereocenters. The molecule has 0 radical (unpaired) electrons. The molecular weight excluding hydrogens is 230 g/mol. The van der Waals surface area contributed by atoms with Crippen LogP contribution >= 0.6 is 0 Å². The Morgan fingerprint density at radius 1 is 1.33 bits per heavy atom. The summed E-state index contributed by atoms with van der Waals surface area (Å²) in [5, 5.41) is 8.78. The number of ether oxygens (including phenoxy) is 2. The number of carbonyl (C=O) groups excluding carboxylic acids is 1. The minimum Gasteiger partial charge on any atom is -0.352 e. The van der Waals surface area contributed by atoms with Gasteiger partial charge < -0.3 is 9.47 Å². The van der Waals surface area contributed by atoms with Crippen molar-refractivity contribution in [3.8, 4) is 6.07 Å². The lowest BCUT2D eigenvalue weighted by Crippen LogP contribution is -2.21. The molecule has 0 bridgehead atoms. The van der Waals surface area contributed by atoms with Gasteiger partial charge in [0.15, 0.2) is 12.1 Å². The first-order valence-corrected chi connectivity index (χ1v) is 5.97. The van der Waals surface area contributed by atoms with E-state index in [2.05, 4.69) is 0 Å². The van der Waals surface area contributed by atoms with Crippen molar-refractivity contribution in [2.75, 3.05) is 13.2 Å². The summed E-state index contributed by atoms with van der Waals surface area (Å²) < 4.78 is 10.6. The van der Waals surface area contributed by atoms with Crippen LogP contribution in [-0.4, -0.2) is 25.3 Å². The highest BCUT2D eigenvalue weighted by atomic mass is 16.7. The second-order valence-electron chi connectivity index (χ2n) is 3.66.